The van der Waals surface area contributed by atoms with Gasteiger partial charge in [0.2, 0.25) is 0 Å². The molecule has 0 spiro atoms. The van der Waals surface area contributed by atoms with Gasteiger partial charge in [0.15, 0.2) is 0 Å². The fraction of sp³-hybridized carbons (Fsp3) is 0.526. The summed E-state index contributed by atoms with van der Waals surface area (Å²) in [5, 5.41) is 10.4. The van der Waals surface area contributed by atoms with E-state index in [2.05, 4.69) is 11.5 Å². The summed E-state index contributed by atoms with van der Waals surface area (Å²) in [7, 11) is 1.79. The van der Waals surface area contributed by atoms with Crippen LogP contribution in [0.15, 0.2) is 24.3 Å². The number of carbonyl (C=O) groups is 1. The van der Waals surface area contributed by atoms with Crippen molar-refractivity contribution >= 4 is 16.9 Å². The molecule has 1 fully saturated rings. The Morgan fingerprint density at radius 3 is 2.52 bits per heavy atom. The molecule has 1 aromatic carbocycles. The minimum atomic E-state index is -0.840. The van der Waals surface area contributed by atoms with Gasteiger partial charge in [0, 0.05) is 29.7 Å². The van der Waals surface area contributed by atoms with Crippen LogP contribution < -0.4 is 0 Å². The van der Waals surface area contributed by atoms with Crippen molar-refractivity contribution in [2.24, 2.45) is 5.92 Å². The van der Waals surface area contributed by atoms with Crippen molar-refractivity contribution in [1.29, 1.82) is 0 Å². The first kappa shape index (κ1) is 16.1. The highest BCUT2D eigenvalue weighted by atomic mass is 16.5. The van der Waals surface area contributed by atoms with E-state index in [-0.39, 0.29) is 0 Å². The summed E-state index contributed by atoms with van der Waals surface area (Å²) < 4.78 is 7.70. The first-order valence-electron chi connectivity index (χ1n) is 8.40. The molecule has 0 radical (unpaired) electrons. The summed E-state index contributed by atoms with van der Waals surface area (Å²) in [5.74, 6) is -0.273. The number of methoxy groups -OCH3 is 1. The van der Waals surface area contributed by atoms with E-state index in [0.29, 0.717) is 23.6 Å². The zero-order valence-corrected chi connectivity index (χ0v) is 14.1. The lowest BCUT2D eigenvalue weighted by Crippen LogP contribution is -2.26. The van der Waals surface area contributed by atoms with Gasteiger partial charge in [-0.3, -0.25) is 0 Å². The fourth-order valence-corrected chi connectivity index (χ4v) is 4.20. The predicted octanol–water partition coefficient (Wildman–Crippen LogP) is 4.41. The number of ether oxygens (including phenoxy) is 1. The van der Waals surface area contributed by atoms with Crippen LogP contribution >= 0.6 is 0 Å². The lowest BCUT2D eigenvalue weighted by Gasteiger charge is -2.33. The predicted molar refractivity (Wildman–Crippen MR) is 91.1 cm³/mol. The second-order valence-corrected chi connectivity index (χ2v) is 6.67. The SMILES string of the molecule is COC1CCC(C(C)n2c(C)c(C(=O)O)c3ccccc32)CC1. The van der Waals surface area contributed by atoms with Crippen LogP contribution in [0.2, 0.25) is 0 Å². The van der Waals surface area contributed by atoms with E-state index in [9.17, 15) is 9.90 Å². The Hall–Kier alpha value is -1.81. The van der Waals surface area contributed by atoms with Crippen LogP contribution in [0, 0.1) is 12.8 Å². The number of aromatic carboxylic acids is 1. The average Bonchev–Trinajstić information content (AvgIpc) is 2.86. The zero-order valence-electron chi connectivity index (χ0n) is 14.1. The number of rotatable bonds is 4. The van der Waals surface area contributed by atoms with Crippen LogP contribution in [0.25, 0.3) is 10.9 Å². The van der Waals surface area contributed by atoms with Crippen LogP contribution in [0.5, 0.6) is 0 Å². The van der Waals surface area contributed by atoms with Gasteiger partial charge in [0.1, 0.15) is 0 Å². The molecule has 4 nitrogen and oxygen atoms in total. The third-order valence-electron chi connectivity index (χ3n) is 5.51. The molecule has 23 heavy (non-hydrogen) atoms. The van der Waals surface area contributed by atoms with Crippen molar-refractivity contribution in [3.8, 4) is 0 Å². The Balaban J connectivity index is 1.99. The monoisotopic (exact) mass is 315 g/mol. The number of para-hydroxylation sites is 1. The van der Waals surface area contributed by atoms with Crippen LogP contribution in [-0.4, -0.2) is 28.9 Å². The molecule has 1 atom stereocenters. The summed E-state index contributed by atoms with van der Waals surface area (Å²) in [4.78, 5) is 11.7. The van der Waals surface area contributed by atoms with E-state index in [4.69, 9.17) is 4.74 Å². The number of carboxylic acids is 1. The Morgan fingerprint density at radius 1 is 1.26 bits per heavy atom. The normalized spacial score (nSPS) is 23.1. The third-order valence-corrected chi connectivity index (χ3v) is 5.51. The highest BCUT2D eigenvalue weighted by molar-refractivity contribution is 6.05. The van der Waals surface area contributed by atoms with E-state index in [0.717, 1.165) is 42.3 Å². The summed E-state index contributed by atoms with van der Waals surface area (Å²) in [5.41, 5.74) is 2.34. The molecule has 1 saturated carbocycles. The molecule has 1 unspecified atom stereocenters. The number of hydrogen-bond acceptors (Lipinski definition) is 2. The van der Waals surface area contributed by atoms with Crippen molar-refractivity contribution in [2.75, 3.05) is 7.11 Å². The smallest absolute Gasteiger partial charge is 0.338 e. The summed E-state index contributed by atoms with van der Waals surface area (Å²) in [6, 6.07) is 8.14. The maximum atomic E-state index is 11.7. The maximum Gasteiger partial charge on any atom is 0.338 e. The molecule has 1 aliphatic rings. The van der Waals surface area contributed by atoms with Crippen LogP contribution in [0.3, 0.4) is 0 Å². The Morgan fingerprint density at radius 2 is 1.91 bits per heavy atom. The van der Waals surface area contributed by atoms with Crippen molar-refractivity contribution in [2.45, 2.75) is 51.7 Å². The number of hydrogen-bond donors (Lipinski definition) is 1. The van der Waals surface area contributed by atoms with E-state index in [1.165, 1.54) is 0 Å². The molecular weight excluding hydrogens is 290 g/mol. The fourth-order valence-electron chi connectivity index (χ4n) is 4.20. The first-order chi connectivity index (χ1) is 11.0. The van der Waals surface area contributed by atoms with Gasteiger partial charge in [-0.1, -0.05) is 18.2 Å². The van der Waals surface area contributed by atoms with E-state index in [1.807, 2.05) is 31.2 Å². The Kier molecular flexibility index (Phi) is 4.44. The number of benzene rings is 1. The largest absolute Gasteiger partial charge is 0.478 e. The van der Waals surface area contributed by atoms with Crippen molar-refractivity contribution in [3.05, 3.63) is 35.5 Å². The molecule has 0 aliphatic heterocycles. The highest BCUT2D eigenvalue weighted by Gasteiger charge is 2.29. The van der Waals surface area contributed by atoms with Gasteiger partial charge in [-0.15, -0.1) is 0 Å². The molecule has 1 aromatic heterocycles. The standard InChI is InChI=1S/C19H25NO3/c1-12(14-8-10-15(23-3)11-9-14)20-13(2)18(19(21)22)16-6-4-5-7-17(16)20/h4-7,12,14-15H,8-11H2,1-3H3,(H,21,22). The van der Waals surface area contributed by atoms with Gasteiger partial charge in [-0.05, 0) is 51.5 Å². The average molecular weight is 315 g/mol. The quantitative estimate of drug-likeness (QED) is 0.909. The van der Waals surface area contributed by atoms with Crippen molar-refractivity contribution < 1.29 is 14.6 Å². The second kappa shape index (κ2) is 6.36. The van der Waals surface area contributed by atoms with E-state index >= 15 is 0 Å². The molecule has 124 valence electrons. The number of carboxylic acid groups (broad SMARTS) is 1. The van der Waals surface area contributed by atoms with E-state index < -0.39 is 5.97 Å². The van der Waals surface area contributed by atoms with Crippen molar-refractivity contribution in [3.63, 3.8) is 0 Å². The molecule has 0 amide bonds. The third kappa shape index (κ3) is 2.76. The molecule has 0 bridgehead atoms. The maximum absolute atomic E-state index is 11.7. The van der Waals surface area contributed by atoms with Gasteiger partial charge >= 0.3 is 5.97 Å². The number of nitrogens with zero attached hydrogens (tertiary/aromatic N) is 1. The van der Waals surface area contributed by atoms with Gasteiger partial charge in [-0.25, -0.2) is 4.79 Å². The second-order valence-electron chi connectivity index (χ2n) is 6.67. The number of aromatic nitrogens is 1. The molecule has 3 rings (SSSR count). The van der Waals surface area contributed by atoms with Crippen LogP contribution in [0.4, 0.5) is 0 Å². The Labute approximate surface area is 137 Å². The molecule has 1 aliphatic carbocycles. The number of fused-ring (bicyclic) bond motifs is 1. The highest BCUT2D eigenvalue weighted by Crippen LogP contribution is 2.38. The molecule has 1 heterocycles. The van der Waals surface area contributed by atoms with Gasteiger partial charge in [0.25, 0.3) is 0 Å². The molecule has 4 heteroatoms. The molecule has 0 saturated heterocycles. The summed E-state index contributed by atoms with van der Waals surface area (Å²) >= 11 is 0. The van der Waals surface area contributed by atoms with Gasteiger partial charge in [0.05, 0.1) is 11.7 Å². The minimum Gasteiger partial charge on any atom is -0.478 e. The zero-order chi connectivity index (χ0) is 16.6. The van der Waals surface area contributed by atoms with Crippen LogP contribution in [0.1, 0.15) is 54.7 Å². The van der Waals surface area contributed by atoms with Gasteiger partial charge < -0.3 is 14.4 Å². The topological polar surface area (TPSA) is 51.5 Å². The van der Waals surface area contributed by atoms with E-state index in [1.54, 1.807) is 7.11 Å². The van der Waals surface area contributed by atoms with Gasteiger partial charge in [-0.2, -0.15) is 0 Å². The minimum absolute atomic E-state index is 0.297. The lowest BCUT2D eigenvalue weighted by molar-refractivity contribution is 0.0492. The first-order valence-corrected chi connectivity index (χ1v) is 8.40. The molecular formula is C19H25NO3. The summed E-state index contributed by atoms with van der Waals surface area (Å²) in [6.07, 6.45) is 4.84. The summed E-state index contributed by atoms with van der Waals surface area (Å²) in [6.45, 7) is 4.16. The van der Waals surface area contributed by atoms with Crippen LogP contribution in [-0.2, 0) is 4.74 Å². The molecule has 1 N–H and O–H groups in total. The van der Waals surface area contributed by atoms with Crippen molar-refractivity contribution in [1.82, 2.24) is 4.57 Å². The molecule has 2 aromatic rings. The lowest BCUT2D eigenvalue weighted by atomic mass is 9.83. The Bertz CT molecular complexity index is 711.